The third-order valence-corrected chi connectivity index (χ3v) is 3.26. The first-order valence-corrected chi connectivity index (χ1v) is 5.77. The predicted molar refractivity (Wildman–Crippen MR) is 62.5 cm³/mol. The quantitative estimate of drug-likeness (QED) is 0.476. The molecule has 100 valence electrons. The molecule has 0 saturated heterocycles. The molecular weight excluding hydrogens is 224 g/mol. The monoisotopic (exact) mass is 246 g/mol. The van der Waals surface area contributed by atoms with Gasteiger partial charge >= 0.3 is 0 Å². The molecule has 0 heterocycles. The SMILES string of the molecule is C=CCO[C@H]1CC(OCOC)C(CO)(CO)C1. The standard InChI is InChI=1S/C12H22O5/c1-3-4-16-10-5-11(17-9-15-2)12(6-10,7-13)8-14/h3,10-11,13-14H,1,4-9H2,2H3/t10-,11?/m0/s1. The summed E-state index contributed by atoms with van der Waals surface area (Å²) in [6, 6.07) is 0. The second-order valence-electron chi connectivity index (χ2n) is 4.42. The Morgan fingerprint density at radius 2 is 2.06 bits per heavy atom. The number of rotatable bonds is 8. The molecule has 0 spiro atoms. The highest BCUT2D eigenvalue weighted by molar-refractivity contribution is 4.97. The summed E-state index contributed by atoms with van der Waals surface area (Å²) >= 11 is 0. The Labute approximate surface area is 102 Å². The molecule has 0 amide bonds. The number of hydrogen-bond donors (Lipinski definition) is 2. The third kappa shape index (κ3) is 3.50. The lowest BCUT2D eigenvalue weighted by atomic mass is 9.86. The zero-order valence-corrected chi connectivity index (χ0v) is 10.3. The lowest BCUT2D eigenvalue weighted by Crippen LogP contribution is -2.39. The van der Waals surface area contributed by atoms with Crippen molar-refractivity contribution in [3.63, 3.8) is 0 Å². The molecule has 1 fully saturated rings. The maximum absolute atomic E-state index is 9.47. The summed E-state index contributed by atoms with van der Waals surface area (Å²) in [7, 11) is 1.54. The van der Waals surface area contributed by atoms with E-state index in [4.69, 9.17) is 14.2 Å². The first kappa shape index (κ1) is 14.6. The topological polar surface area (TPSA) is 68.2 Å². The largest absolute Gasteiger partial charge is 0.396 e. The summed E-state index contributed by atoms with van der Waals surface area (Å²) < 4.78 is 15.9. The lowest BCUT2D eigenvalue weighted by molar-refractivity contribution is -0.129. The molecule has 2 atom stereocenters. The van der Waals surface area contributed by atoms with Crippen molar-refractivity contribution in [3.05, 3.63) is 12.7 Å². The normalized spacial score (nSPS) is 27.2. The fourth-order valence-electron chi connectivity index (χ4n) is 2.27. The van der Waals surface area contributed by atoms with Gasteiger partial charge in [-0.05, 0) is 6.42 Å². The Hall–Kier alpha value is -0.460. The van der Waals surface area contributed by atoms with E-state index in [1.165, 1.54) is 0 Å². The van der Waals surface area contributed by atoms with Crippen LogP contribution in [0.2, 0.25) is 0 Å². The van der Waals surface area contributed by atoms with Gasteiger partial charge in [-0.2, -0.15) is 0 Å². The van der Waals surface area contributed by atoms with Crippen LogP contribution in [0.25, 0.3) is 0 Å². The molecule has 1 unspecified atom stereocenters. The van der Waals surface area contributed by atoms with Crippen LogP contribution in [0.3, 0.4) is 0 Å². The maximum Gasteiger partial charge on any atom is 0.146 e. The molecule has 5 heteroatoms. The molecule has 1 rings (SSSR count). The molecule has 5 nitrogen and oxygen atoms in total. The molecule has 0 radical (unpaired) electrons. The molecule has 17 heavy (non-hydrogen) atoms. The van der Waals surface area contributed by atoms with Crippen LogP contribution in [0.1, 0.15) is 12.8 Å². The van der Waals surface area contributed by atoms with Crippen molar-refractivity contribution in [1.29, 1.82) is 0 Å². The highest BCUT2D eigenvalue weighted by atomic mass is 16.7. The molecule has 1 aliphatic rings. The number of hydrogen-bond acceptors (Lipinski definition) is 5. The van der Waals surface area contributed by atoms with Crippen molar-refractivity contribution in [3.8, 4) is 0 Å². The van der Waals surface area contributed by atoms with E-state index >= 15 is 0 Å². The highest BCUT2D eigenvalue weighted by Crippen LogP contribution is 2.41. The second-order valence-corrected chi connectivity index (χ2v) is 4.42. The van der Waals surface area contributed by atoms with E-state index in [0.29, 0.717) is 19.4 Å². The van der Waals surface area contributed by atoms with Gasteiger partial charge in [0.15, 0.2) is 0 Å². The van der Waals surface area contributed by atoms with Crippen molar-refractivity contribution in [2.45, 2.75) is 25.0 Å². The fraction of sp³-hybridized carbons (Fsp3) is 0.833. The van der Waals surface area contributed by atoms with Crippen LogP contribution >= 0.6 is 0 Å². The average Bonchev–Trinajstić information content (AvgIpc) is 2.72. The van der Waals surface area contributed by atoms with E-state index < -0.39 is 5.41 Å². The van der Waals surface area contributed by atoms with Gasteiger partial charge in [0.2, 0.25) is 0 Å². The van der Waals surface area contributed by atoms with Gasteiger partial charge in [0.1, 0.15) is 6.79 Å². The van der Waals surface area contributed by atoms with Crippen molar-refractivity contribution >= 4 is 0 Å². The molecule has 0 aromatic carbocycles. The Bertz CT molecular complexity index is 227. The van der Waals surface area contributed by atoms with Crippen LogP contribution in [0.5, 0.6) is 0 Å². The molecule has 0 aliphatic heterocycles. The Kier molecular flexibility index (Phi) is 6.08. The fourth-order valence-corrected chi connectivity index (χ4v) is 2.27. The Morgan fingerprint density at radius 1 is 1.35 bits per heavy atom. The van der Waals surface area contributed by atoms with Crippen molar-refractivity contribution < 1.29 is 24.4 Å². The maximum atomic E-state index is 9.47. The number of aliphatic hydroxyl groups is 2. The minimum atomic E-state index is -0.635. The first-order chi connectivity index (χ1) is 8.22. The predicted octanol–water partition coefficient (Wildman–Crippen LogP) is 0.311. The zero-order valence-electron chi connectivity index (χ0n) is 10.3. The van der Waals surface area contributed by atoms with Crippen molar-refractivity contribution in [2.24, 2.45) is 5.41 Å². The van der Waals surface area contributed by atoms with E-state index in [1.807, 2.05) is 0 Å². The molecular formula is C12H22O5. The highest BCUT2D eigenvalue weighted by Gasteiger charge is 2.48. The summed E-state index contributed by atoms with van der Waals surface area (Å²) in [6.45, 7) is 3.97. The summed E-state index contributed by atoms with van der Waals surface area (Å²) in [5.41, 5.74) is -0.635. The van der Waals surface area contributed by atoms with Crippen molar-refractivity contribution in [1.82, 2.24) is 0 Å². The van der Waals surface area contributed by atoms with E-state index in [-0.39, 0.29) is 32.2 Å². The minimum absolute atomic E-state index is 0.0193. The van der Waals surface area contributed by atoms with Gasteiger partial charge in [-0.15, -0.1) is 6.58 Å². The minimum Gasteiger partial charge on any atom is -0.396 e. The molecule has 0 aromatic rings. The van der Waals surface area contributed by atoms with E-state index in [2.05, 4.69) is 6.58 Å². The van der Waals surface area contributed by atoms with E-state index in [1.54, 1.807) is 13.2 Å². The third-order valence-electron chi connectivity index (χ3n) is 3.26. The molecule has 2 N–H and O–H groups in total. The van der Waals surface area contributed by atoms with Gasteiger partial charge in [-0.1, -0.05) is 6.08 Å². The van der Waals surface area contributed by atoms with Gasteiger partial charge in [-0.25, -0.2) is 0 Å². The summed E-state index contributed by atoms with van der Waals surface area (Å²) in [4.78, 5) is 0. The van der Waals surface area contributed by atoms with Gasteiger partial charge < -0.3 is 24.4 Å². The Balaban J connectivity index is 2.60. The zero-order chi connectivity index (χ0) is 12.7. The molecule has 0 aromatic heterocycles. The van der Waals surface area contributed by atoms with Crippen LogP contribution in [-0.4, -0.2) is 56.1 Å². The summed E-state index contributed by atoms with van der Waals surface area (Å²) in [6.07, 6.45) is 2.66. The van der Waals surface area contributed by atoms with Gasteiger partial charge in [-0.3, -0.25) is 0 Å². The van der Waals surface area contributed by atoms with Crippen LogP contribution in [0.4, 0.5) is 0 Å². The first-order valence-electron chi connectivity index (χ1n) is 5.77. The average molecular weight is 246 g/mol. The number of aliphatic hydroxyl groups excluding tert-OH is 2. The Morgan fingerprint density at radius 3 is 2.59 bits per heavy atom. The van der Waals surface area contributed by atoms with Crippen LogP contribution in [0, 0.1) is 5.41 Å². The van der Waals surface area contributed by atoms with Gasteiger partial charge in [0, 0.05) is 18.9 Å². The van der Waals surface area contributed by atoms with Gasteiger partial charge in [0.25, 0.3) is 0 Å². The van der Waals surface area contributed by atoms with Crippen LogP contribution < -0.4 is 0 Å². The van der Waals surface area contributed by atoms with Crippen LogP contribution in [0.15, 0.2) is 12.7 Å². The van der Waals surface area contributed by atoms with Crippen LogP contribution in [-0.2, 0) is 14.2 Å². The van der Waals surface area contributed by atoms with Gasteiger partial charge in [0.05, 0.1) is 32.0 Å². The molecule has 0 bridgehead atoms. The smallest absolute Gasteiger partial charge is 0.146 e. The van der Waals surface area contributed by atoms with E-state index in [9.17, 15) is 10.2 Å². The van der Waals surface area contributed by atoms with E-state index in [0.717, 1.165) is 0 Å². The number of methoxy groups -OCH3 is 1. The molecule has 1 aliphatic carbocycles. The molecule has 1 saturated carbocycles. The summed E-state index contributed by atoms with van der Waals surface area (Å²) in [5, 5.41) is 18.9. The second kappa shape index (κ2) is 7.08. The lowest BCUT2D eigenvalue weighted by Gasteiger charge is -2.30. The number of ether oxygens (including phenoxy) is 3. The van der Waals surface area contributed by atoms with Crippen molar-refractivity contribution in [2.75, 3.05) is 33.7 Å². The summed E-state index contributed by atoms with van der Waals surface area (Å²) in [5.74, 6) is 0.